The van der Waals surface area contributed by atoms with E-state index in [1.54, 1.807) is 25.6 Å². The Kier molecular flexibility index (Phi) is 5.59. The maximum atomic E-state index is 10.9. The van der Waals surface area contributed by atoms with Crippen LogP contribution in [0.5, 0.6) is 0 Å². The van der Waals surface area contributed by atoms with Crippen LogP contribution in [0.2, 0.25) is 0 Å². The standard InChI is InChI=1S/C13H20N2O2S/c1-10-8-14-12(15-9-10)18-7-5-4-6-13(2,3)11(16)17/h8-9H,4-7H2,1-3H3,(H,16,17). The number of unbranched alkanes of at least 4 members (excludes halogenated alkanes) is 1. The number of aliphatic carboxylic acids is 1. The molecule has 0 unspecified atom stereocenters. The van der Waals surface area contributed by atoms with Crippen molar-refractivity contribution < 1.29 is 9.90 Å². The van der Waals surface area contributed by atoms with Crippen LogP contribution in [0, 0.1) is 12.3 Å². The van der Waals surface area contributed by atoms with E-state index in [9.17, 15) is 4.79 Å². The first-order valence-electron chi connectivity index (χ1n) is 6.07. The van der Waals surface area contributed by atoms with E-state index in [1.807, 2.05) is 19.3 Å². The van der Waals surface area contributed by atoms with E-state index in [2.05, 4.69) is 9.97 Å². The zero-order valence-electron chi connectivity index (χ0n) is 11.1. The molecule has 0 saturated heterocycles. The topological polar surface area (TPSA) is 63.1 Å². The molecule has 0 amide bonds. The summed E-state index contributed by atoms with van der Waals surface area (Å²) in [5, 5.41) is 9.77. The van der Waals surface area contributed by atoms with E-state index in [-0.39, 0.29) is 0 Å². The van der Waals surface area contributed by atoms with Crippen molar-refractivity contribution in [2.75, 3.05) is 5.75 Å². The first kappa shape index (κ1) is 15.0. The molecular formula is C13H20N2O2S. The van der Waals surface area contributed by atoms with Gasteiger partial charge in [0, 0.05) is 18.1 Å². The highest BCUT2D eigenvalue weighted by molar-refractivity contribution is 7.99. The minimum Gasteiger partial charge on any atom is -0.481 e. The third-order valence-corrected chi connectivity index (χ3v) is 3.73. The molecule has 18 heavy (non-hydrogen) atoms. The van der Waals surface area contributed by atoms with Crippen molar-refractivity contribution in [3.8, 4) is 0 Å². The summed E-state index contributed by atoms with van der Waals surface area (Å²) >= 11 is 1.62. The van der Waals surface area contributed by atoms with Gasteiger partial charge >= 0.3 is 5.97 Å². The van der Waals surface area contributed by atoms with Crippen LogP contribution in [0.1, 0.15) is 38.7 Å². The Morgan fingerprint density at radius 3 is 2.50 bits per heavy atom. The molecule has 100 valence electrons. The maximum Gasteiger partial charge on any atom is 0.309 e. The summed E-state index contributed by atoms with van der Waals surface area (Å²) in [6.07, 6.45) is 6.22. The lowest BCUT2D eigenvalue weighted by molar-refractivity contribution is -0.147. The highest BCUT2D eigenvalue weighted by Crippen LogP contribution is 2.24. The summed E-state index contributed by atoms with van der Waals surface area (Å²) in [6, 6.07) is 0. The number of thioether (sulfide) groups is 1. The molecule has 1 aromatic heterocycles. The summed E-state index contributed by atoms with van der Waals surface area (Å²) < 4.78 is 0. The summed E-state index contributed by atoms with van der Waals surface area (Å²) in [4.78, 5) is 19.3. The molecule has 0 aliphatic heterocycles. The molecule has 0 bridgehead atoms. The Morgan fingerprint density at radius 2 is 1.94 bits per heavy atom. The summed E-state index contributed by atoms with van der Waals surface area (Å²) in [6.45, 7) is 5.50. The van der Waals surface area contributed by atoms with Crippen LogP contribution in [-0.2, 0) is 4.79 Å². The van der Waals surface area contributed by atoms with Gasteiger partial charge in [0.1, 0.15) is 0 Å². The molecule has 0 aliphatic rings. The van der Waals surface area contributed by atoms with Gasteiger partial charge in [0.2, 0.25) is 0 Å². The highest BCUT2D eigenvalue weighted by atomic mass is 32.2. The molecule has 0 spiro atoms. The van der Waals surface area contributed by atoms with E-state index in [1.165, 1.54) is 0 Å². The third-order valence-electron chi connectivity index (χ3n) is 2.76. The summed E-state index contributed by atoms with van der Waals surface area (Å²) in [5.74, 6) is 0.204. The van der Waals surface area contributed by atoms with Gasteiger partial charge in [-0.15, -0.1) is 0 Å². The predicted octanol–water partition coefficient (Wildman–Crippen LogP) is 3.16. The molecular weight excluding hydrogens is 248 g/mol. The van der Waals surface area contributed by atoms with Gasteiger partial charge in [-0.2, -0.15) is 0 Å². The predicted molar refractivity (Wildman–Crippen MR) is 72.8 cm³/mol. The van der Waals surface area contributed by atoms with Crippen molar-refractivity contribution in [2.24, 2.45) is 5.41 Å². The molecule has 1 rings (SSSR count). The van der Waals surface area contributed by atoms with Crippen molar-refractivity contribution in [1.82, 2.24) is 9.97 Å². The zero-order valence-corrected chi connectivity index (χ0v) is 12.0. The Bertz CT molecular complexity index is 390. The number of aromatic nitrogens is 2. The van der Waals surface area contributed by atoms with Crippen LogP contribution in [0.4, 0.5) is 0 Å². The zero-order chi connectivity index (χ0) is 13.6. The minimum absolute atomic E-state index is 0.620. The van der Waals surface area contributed by atoms with E-state index in [0.29, 0.717) is 6.42 Å². The quantitative estimate of drug-likeness (QED) is 0.467. The molecule has 1 aromatic rings. The lowest BCUT2D eigenvalue weighted by Gasteiger charge is -2.18. The van der Waals surface area contributed by atoms with Crippen molar-refractivity contribution in [2.45, 2.75) is 45.2 Å². The number of nitrogens with zero attached hydrogens (tertiary/aromatic N) is 2. The molecule has 0 atom stereocenters. The van der Waals surface area contributed by atoms with Gasteiger partial charge in [0.05, 0.1) is 5.41 Å². The van der Waals surface area contributed by atoms with Gasteiger partial charge in [-0.05, 0) is 39.2 Å². The fourth-order valence-electron chi connectivity index (χ4n) is 1.39. The second kappa shape index (κ2) is 6.73. The average molecular weight is 268 g/mol. The smallest absolute Gasteiger partial charge is 0.309 e. The molecule has 0 radical (unpaired) electrons. The Hall–Kier alpha value is -1.10. The van der Waals surface area contributed by atoms with Crippen LogP contribution >= 0.6 is 11.8 Å². The second-order valence-corrected chi connectivity index (χ2v) is 6.10. The Morgan fingerprint density at radius 1 is 1.33 bits per heavy atom. The van der Waals surface area contributed by atoms with Gasteiger partial charge in [-0.25, -0.2) is 9.97 Å². The van der Waals surface area contributed by atoms with Crippen LogP contribution in [0.15, 0.2) is 17.6 Å². The molecule has 0 aliphatic carbocycles. The second-order valence-electron chi connectivity index (χ2n) is 5.04. The number of carboxylic acid groups (broad SMARTS) is 1. The summed E-state index contributed by atoms with van der Waals surface area (Å²) in [5.41, 5.74) is 0.438. The number of carbonyl (C=O) groups is 1. The fourth-order valence-corrected chi connectivity index (χ4v) is 2.18. The first-order chi connectivity index (χ1) is 8.42. The summed E-state index contributed by atoms with van der Waals surface area (Å²) in [7, 11) is 0. The lowest BCUT2D eigenvalue weighted by Crippen LogP contribution is -2.23. The van der Waals surface area contributed by atoms with Gasteiger partial charge in [0.15, 0.2) is 5.16 Å². The van der Waals surface area contributed by atoms with Crippen molar-refractivity contribution in [1.29, 1.82) is 0 Å². The van der Waals surface area contributed by atoms with E-state index in [4.69, 9.17) is 5.11 Å². The minimum atomic E-state index is -0.725. The van der Waals surface area contributed by atoms with E-state index >= 15 is 0 Å². The lowest BCUT2D eigenvalue weighted by atomic mass is 9.88. The number of rotatable bonds is 7. The third kappa shape index (κ3) is 5.04. The van der Waals surface area contributed by atoms with Gasteiger partial charge < -0.3 is 5.11 Å². The normalized spacial score (nSPS) is 11.5. The van der Waals surface area contributed by atoms with E-state index < -0.39 is 11.4 Å². The molecule has 0 saturated carbocycles. The Balaban J connectivity index is 2.20. The van der Waals surface area contributed by atoms with Gasteiger partial charge in [0.25, 0.3) is 0 Å². The highest BCUT2D eigenvalue weighted by Gasteiger charge is 2.25. The van der Waals surface area contributed by atoms with Crippen LogP contribution in [0.25, 0.3) is 0 Å². The van der Waals surface area contributed by atoms with Crippen LogP contribution in [-0.4, -0.2) is 26.8 Å². The number of hydrogen-bond acceptors (Lipinski definition) is 4. The number of carboxylic acids is 1. The maximum absolute atomic E-state index is 10.9. The molecule has 1 N–H and O–H groups in total. The van der Waals surface area contributed by atoms with Gasteiger partial charge in [-0.3, -0.25) is 4.79 Å². The first-order valence-corrected chi connectivity index (χ1v) is 7.05. The van der Waals surface area contributed by atoms with Crippen molar-refractivity contribution >= 4 is 17.7 Å². The van der Waals surface area contributed by atoms with Crippen LogP contribution in [0.3, 0.4) is 0 Å². The van der Waals surface area contributed by atoms with Crippen LogP contribution < -0.4 is 0 Å². The molecule has 1 heterocycles. The molecule has 4 nitrogen and oxygen atoms in total. The SMILES string of the molecule is Cc1cnc(SCCCCC(C)(C)C(=O)O)nc1. The van der Waals surface area contributed by atoms with Crippen molar-refractivity contribution in [3.63, 3.8) is 0 Å². The average Bonchev–Trinajstić information content (AvgIpc) is 2.31. The largest absolute Gasteiger partial charge is 0.481 e. The van der Waals surface area contributed by atoms with Crippen molar-refractivity contribution in [3.05, 3.63) is 18.0 Å². The molecule has 0 aromatic carbocycles. The fraction of sp³-hybridized carbons (Fsp3) is 0.615. The van der Waals surface area contributed by atoms with Gasteiger partial charge in [-0.1, -0.05) is 18.2 Å². The Labute approximate surface area is 112 Å². The molecule has 5 heteroatoms. The molecule has 0 fully saturated rings. The number of aryl methyl sites for hydroxylation is 1. The number of hydrogen-bond donors (Lipinski definition) is 1. The monoisotopic (exact) mass is 268 g/mol. The van der Waals surface area contributed by atoms with E-state index in [0.717, 1.165) is 29.3 Å².